The molecule has 1 amide bonds. The number of amides is 1. The van der Waals surface area contributed by atoms with Gasteiger partial charge in [0, 0.05) is 18.1 Å². The molecular weight excluding hydrogens is 324 g/mol. The number of carbonyl (C=O) groups is 1. The highest BCUT2D eigenvalue weighted by atomic mass is 79.9. The third-order valence-electron chi connectivity index (χ3n) is 2.32. The van der Waals surface area contributed by atoms with Crippen LogP contribution in [0.1, 0.15) is 17.3 Å². The fourth-order valence-electron chi connectivity index (χ4n) is 1.48. The normalized spacial score (nSPS) is 14.0. The molecule has 0 heterocycles. The first kappa shape index (κ1) is 16.0. The zero-order chi connectivity index (χ0) is 14.6. The van der Waals surface area contributed by atoms with E-state index in [4.69, 9.17) is 4.74 Å². The van der Waals surface area contributed by atoms with Crippen LogP contribution in [0.3, 0.4) is 0 Å². The number of ether oxygens (including phenoxy) is 1. The molecule has 0 spiro atoms. The summed E-state index contributed by atoms with van der Waals surface area (Å²) >= 11 is 2.92. The molecular formula is C12H14BrF2NO3. The Morgan fingerprint density at radius 2 is 2.00 bits per heavy atom. The molecule has 0 fully saturated rings. The molecule has 7 heteroatoms. The molecule has 19 heavy (non-hydrogen) atoms. The predicted molar refractivity (Wildman–Crippen MR) is 68.9 cm³/mol. The Morgan fingerprint density at radius 1 is 1.47 bits per heavy atom. The molecule has 106 valence electrons. The summed E-state index contributed by atoms with van der Waals surface area (Å²) < 4.78 is 32.0. The van der Waals surface area contributed by atoms with Crippen molar-refractivity contribution in [3.8, 4) is 0 Å². The Bertz CT molecular complexity index is 457. The van der Waals surface area contributed by atoms with Gasteiger partial charge in [0.2, 0.25) is 0 Å². The summed E-state index contributed by atoms with van der Waals surface area (Å²) in [7, 11) is 1.39. The lowest BCUT2D eigenvalue weighted by Crippen LogP contribution is -2.44. The van der Waals surface area contributed by atoms with Gasteiger partial charge >= 0.3 is 0 Å². The molecule has 0 aliphatic heterocycles. The van der Waals surface area contributed by atoms with E-state index in [0.29, 0.717) is 0 Å². The summed E-state index contributed by atoms with van der Waals surface area (Å²) in [4.78, 5) is 11.7. The van der Waals surface area contributed by atoms with E-state index in [1.54, 1.807) is 0 Å². The summed E-state index contributed by atoms with van der Waals surface area (Å²) in [5.41, 5.74) is -2.00. The molecule has 2 N–H and O–H groups in total. The third-order valence-corrected chi connectivity index (χ3v) is 2.78. The van der Waals surface area contributed by atoms with Gasteiger partial charge in [-0.05, 0) is 19.1 Å². The van der Waals surface area contributed by atoms with Gasteiger partial charge in [-0.1, -0.05) is 15.9 Å². The summed E-state index contributed by atoms with van der Waals surface area (Å²) in [6.07, 6.45) is 0. The lowest BCUT2D eigenvalue weighted by molar-refractivity contribution is -0.0147. The average Bonchev–Trinajstić information content (AvgIpc) is 2.25. The van der Waals surface area contributed by atoms with Gasteiger partial charge in [-0.3, -0.25) is 4.79 Å². The fourth-order valence-corrected chi connectivity index (χ4v) is 1.88. The van der Waals surface area contributed by atoms with Crippen LogP contribution in [-0.2, 0) is 4.74 Å². The number of methoxy groups -OCH3 is 1. The van der Waals surface area contributed by atoms with Crippen LogP contribution in [-0.4, -0.2) is 36.9 Å². The Hall–Kier alpha value is -1.05. The number of hydrogen-bond acceptors (Lipinski definition) is 3. The van der Waals surface area contributed by atoms with Gasteiger partial charge in [-0.2, -0.15) is 0 Å². The van der Waals surface area contributed by atoms with Gasteiger partial charge in [0.1, 0.15) is 22.8 Å². The molecule has 1 rings (SSSR count). The van der Waals surface area contributed by atoms with Gasteiger partial charge in [0.05, 0.1) is 6.61 Å². The van der Waals surface area contributed by atoms with Crippen LogP contribution in [0, 0.1) is 11.6 Å². The maximum absolute atomic E-state index is 13.5. The van der Waals surface area contributed by atoms with Gasteiger partial charge in [0.25, 0.3) is 5.91 Å². The second kappa shape index (κ2) is 6.40. The van der Waals surface area contributed by atoms with Gasteiger partial charge in [-0.15, -0.1) is 0 Å². The first-order valence-corrected chi connectivity index (χ1v) is 6.20. The van der Waals surface area contributed by atoms with Crippen LogP contribution in [0.15, 0.2) is 16.6 Å². The minimum atomic E-state index is -1.31. The number of benzene rings is 1. The standard InChI is InChI=1S/C12H14BrF2NO3/c1-12(18,6-19-2)5-16-11(17)10-8(14)3-7(13)4-9(10)15/h3-4,18H,5-6H2,1-2H3,(H,16,17)/t12-/m1/s1. The van der Waals surface area contributed by atoms with Crippen molar-refractivity contribution in [2.45, 2.75) is 12.5 Å². The molecule has 0 aromatic heterocycles. The Morgan fingerprint density at radius 3 is 2.47 bits per heavy atom. The van der Waals surface area contributed by atoms with Gasteiger partial charge < -0.3 is 15.2 Å². The van der Waals surface area contributed by atoms with Crippen molar-refractivity contribution in [3.63, 3.8) is 0 Å². The summed E-state index contributed by atoms with van der Waals surface area (Å²) in [5.74, 6) is -2.88. The van der Waals surface area contributed by atoms with Crippen LogP contribution >= 0.6 is 15.9 Å². The third kappa shape index (κ3) is 4.52. The second-order valence-electron chi connectivity index (χ2n) is 4.36. The van der Waals surface area contributed by atoms with Crippen LogP contribution < -0.4 is 5.32 Å². The van der Waals surface area contributed by atoms with E-state index in [2.05, 4.69) is 21.2 Å². The minimum absolute atomic E-state index is 0.0153. The van der Waals surface area contributed by atoms with Crippen LogP contribution in [0.2, 0.25) is 0 Å². The highest BCUT2D eigenvalue weighted by molar-refractivity contribution is 9.10. The highest BCUT2D eigenvalue weighted by Gasteiger charge is 2.24. The first-order chi connectivity index (χ1) is 8.76. The molecule has 1 aromatic rings. The maximum Gasteiger partial charge on any atom is 0.257 e. The number of carbonyl (C=O) groups excluding carboxylic acids is 1. The summed E-state index contributed by atoms with van der Waals surface area (Å²) in [6.45, 7) is 1.23. The number of rotatable bonds is 5. The summed E-state index contributed by atoms with van der Waals surface area (Å²) in [5, 5.41) is 12.0. The second-order valence-corrected chi connectivity index (χ2v) is 5.27. The van der Waals surface area contributed by atoms with Crippen molar-refractivity contribution >= 4 is 21.8 Å². The lowest BCUT2D eigenvalue weighted by atomic mass is 10.1. The smallest absolute Gasteiger partial charge is 0.257 e. The highest BCUT2D eigenvalue weighted by Crippen LogP contribution is 2.19. The van der Waals surface area contributed by atoms with Crippen molar-refractivity contribution < 1.29 is 23.4 Å². The molecule has 0 unspecified atom stereocenters. The molecule has 0 aliphatic rings. The zero-order valence-corrected chi connectivity index (χ0v) is 12.1. The number of halogens is 3. The van der Waals surface area contributed by atoms with E-state index in [0.717, 1.165) is 12.1 Å². The van der Waals surface area contributed by atoms with Crippen LogP contribution in [0.25, 0.3) is 0 Å². The quantitative estimate of drug-likeness (QED) is 0.862. The van der Waals surface area contributed by atoms with Gasteiger partial charge in [0.15, 0.2) is 0 Å². The van der Waals surface area contributed by atoms with Crippen molar-refractivity contribution in [1.29, 1.82) is 0 Å². The topological polar surface area (TPSA) is 58.6 Å². The van der Waals surface area contributed by atoms with Crippen molar-refractivity contribution in [1.82, 2.24) is 5.32 Å². The van der Waals surface area contributed by atoms with E-state index in [1.165, 1.54) is 14.0 Å². The average molecular weight is 338 g/mol. The zero-order valence-electron chi connectivity index (χ0n) is 10.5. The Kier molecular flexibility index (Phi) is 5.39. The molecule has 1 aromatic carbocycles. The SMILES string of the molecule is COC[C@](C)(O)CNC(=O)c1c(F)cc(Br)cc1F. The van der Waals surface area contributed by atoms with Crippen LogP contribution in [0.5, 0.6) is 0 Å². The predicted octanol–water partition coefficient (Wildman–Crippen LogP) is 1.85. The Labute approximate surface area is 117 Å². The summed E-state index contributed by atoms with van der Waals surface area (Å²) in [6, 6.07) is 1.98. The molecule has 0 radical (unpaired) electrons. The molecule has 0 bridgehead atoms. The maximum atomic E-state index is 13.5. The Balaban J connectivity index is 2.80. The van der Waals surface area contributed by atoms with Crippen LogP contribution in [0.4, 0.5) is 8.78 Å². The largest absolute Gasteiger partial charge is 0.386 e. The molecule has 0 saturated carbocycles. The lowest BCUT2D eigenvalue weighted by Gasteiger charge is -2.22. The monoisotopic (exact) mass is 337 g/mol. The number of hydrogen-bond donors (Lipinski definition) is 2. The van der Waals surface area contributed by atoms with Gasteiger partial charge in [-0.25, -0.2) is 8.78 Å². The van der Waals surface area contributed by atoms with Crippen molar-refractivity contribution in [3.05, 3.63) is 33.8 Å². The van der Waals surface area contributed by atoms with Crippen molar-refractivity contribution in [2.75, 3.05) is 20.3 Å². The molecule has 1 atom stereocenters. The molecule has 4 nitrogen and oxygen atoms in total. The number of nitrogens with one attached hydrogen (secondary N) is 1. The molecule has 0 aliphatic carbocycles. The van der Waals surface area contributed by atoms with E-state index < -0.39 is 28.7 Å². The van der Waals surface area contributed by atoms with E-state index >= 15 is 0 Å². The number of aliphatic hydroxyl groups is 1. The van der Waals surface area contributed by atoms with Crippen molar-refractivity contribution in [2.24, 2.45) is 0 Å². The first-order valence-electron chi connectivity index (χ1n) is 5.41. The van der Waals surface area contributed by atoms with E-state index in [9.17, 15) is 18.7 Å². The minimum Gasteiger partial charge on any atom is -0.386 e. The fraction of sp³-hybridized carbons (Fsp3) is 0.417. The van der Waals surface area contributed by atoms with E-state index in [1.807, 2.05) is 0 Å². The van der Waals surface area contributed by atoms with E-state index in [-0.39, 0.29) is 17.6 Å². The molecule has 0 saturated heterocycles.